The fraction of sp³-hybridized carbons (Fsp3) is 0.583. The maximum Gasteiger partial charge on any atom is 0.129 e. The highest BCUT2D eigenvalue weighted by Gasteiger charge is 2.21. The van der Waals surface area contributed by atoms with E-state index in [-0.39, 0.29) is 0 Å². The van der Waals surface area contributed by atoms with Crippen LogP contribution in [0.2, 0.25) is 5.15 Å². The summed E-state index contributed by atoms with van der Waals surface area (Å²) in [5, 5.41) is 3.89. The minimum absolute atomic E-state index is 0.324. The van der Waals surface area contributed by atoms with Crippen molar-refractivity contribution in [2.24, 2.45) is 0 Å². The third kappa shape index (κ3) is 2.86. The van der Waals surface area contributed by atoms with E-state index in [2.05, 4.69) is 17.2 Å². The van der Waals surface area contributed by atoms with Crippen LogP contribution < -0.4 is 5.32 Å². The van der Waals surface area contributed by atoms with Crippen molar-refractivity contribution in [3.05, 3.63) is 23.0 Å². The average Bonchev–Trinajstić information content (AvgIpc) is 2.63. The molecule has 0 aromatic carbocycles. The Morgan fingerprint density at radius 1 is 1.50 bits per heavy atom. The summed E-state index contributed by atoms with van der Waals surface area (Å²) in [6.07, 6.45) is 3.01. The molecule has 1 aromatic rings. The van der Waals surface area contributed by atoms with Crippen LogP contribution in [0.5, 0.6) is 0 Å². The molecular formula is C12H17ClN2O. The largest absolute Gasteiger partial charge is 0.381 e. The maximum absolute atomic E-state index is 5.80. The van der Waals surface area contributed by atoms with Crippen LogP contribution in [0.1, 0.15) is 25.5 Å². The normalized spacial score (nSPS) is 24.7. The molecule has 2 atom stereocenters. The predicted octanol–water partition coefficient (Wildman–Crippen LogP) is 3.02. The number of anilines is 1. The number of aryl methyl sites for hydroxylation is 1. The molecule has 1 fully saturated rings. The lowest BCUT2D eigenvalue weighted by molar-refractivity contribution is 0.0637. The molecule has 0 aliphatic carbocycles. The molecule has 0 radical (unpaired) electrons. The molecule has 2 unspecified atom stereocenters. The van der Waals surface area contributed by atoms with E-state index >= 15 is 0 Å². The van der Waals surface area contributed by atoms with Crippen LogP contribution in [0.4, 0.5) is 5.69 Å². The van der Waals surface area contributed by atoms with E-state index in [0.717, 1.165) is 30.8 Å². The number of nitrogens with zero attached hydrogens (tertiary/aromatic N) is 1. The summed E-state index contributed by atoms with van der Waals surface area (Å²) in [6, 6.07) is 3.76. The zero-order valence-electron chi connectivity index (χ0n) is 9.66. The molecule has 0 amide bonds. The zero-order valence-corrected chi connectivity index (χ0v) is 10.4. The molecule has 0 saturated carbocycles. The predicted molar refractivity (Wildman–Crippen MR) is 66.0 cm³/mol. The van der Waals surface area contributed by atoms with Crippen molar-refractivity contribution in [3.63, 3.8) is 0 Å². The van der Waals surface area contributed by atoms with Crippen LogP contribution in [0, 0.1) is 6.92 Å². The van der Waals surface area contributed by atoms with Gasteiger partial charge in [-0.25, -0.2) is 4.98 Å². The Kier molecular flexibility index (Phi) is 3.66. The van der Waals surface area contributed by atoms with Gasteiger partial charge in [-0.2, -0.15) is 0 Å². The molecule has 3 nitrogen and oxygen atoms in total. The number of aromatic nitrogens is 1. The molecule has 0 spiro atoms. The Balaban J connectivity index is 1.89. The van der Waals surface area contributed by atoms with Crippen molar-refractivity contribution < 1.29 is 4.74 Å². The van der Waals surface area contributed by atoms with Crippen molar-refractivity contribution in [2.75, 3.05) is 11.9 Å². The third-order valence-corrected chi connectivity index (χ3v) is 3.10. The van der Waals surface area contributed by atoms with Crippen molar-refractivity contribution in [2.45, 2.75) is 38.9 Å². The van der Waals surface area contributed by atoms with Gasteiger partial charge in [0.25, 0.3) is 0 Å². The highest BCUT2D eigenvalue weighted by molar-refractivity contribution is 6.29. The Hall–Kier alpha value is -0.800. The van der Waals surface area contributed by atoms with Gasteiger partial charge in [0, 0.05) is 6.54 Å². The Labute approximate surface area is 101 Å². The number of halogens is 1. The van der Waals surface area contributed by atoms with E-state index in [1.54, 1.807) is 6.07 Å². The van der Waals surface area contributed by atoms with Gasteiger partial charge in [-0.05, 0) is 38.8 Å². The molecule has 1 aliphatic rings. The van der Waals surface area contributed by atoms with Crippen LogP contribution in [0.25, 0.3) is 0 Å². The summed E-state index contributed by atoms with van der Waals surface area (Å²) in [6.45, 7) is 4.91. The maximum atomic E-state index is 5.80. The van der Waals surface area contributed by atoms with E-state index in [1.165, 1.54) is 0 Å². The molecule has 2 rings (SSSR count). The third-order valence-electron chi connectivity index (χ3n) is 2.89. The van der Waals surface area contributed by atoms with E-state index in [4.69, 9.17) is 16.3 Å². The molecule has 1 saturated heterocycles. The van der Waals surface area contributed by atoms with Gasteiger partial charge in [-0.3, -0.25) is 0 Å². The lowest BCUT2D eigenvalue weighted by Gasteiger charge is -2.14. The molecule has 1 aliphatic heterocycles. The quantitative estimate of drug-likeness (QED) is 0.825. The van der Waals surface area contributed by atoms with E-state index < -0.39 is 0 Å². The van der Waals surface area contributed by atoms with Gasteiger partial charge in [0.2, 0.25) is 0 Å². The smallest absolute Gasteiger partial charge is 0.129 e. The summed E-state index contributed by atoms with van der Waals surface area (Å²) in [5.41, 5.74) is 1.96. The average molecular weight is 241 g/mol. The van der Waals surface area contributed by atoms with Gasteiger partial charge in [-0.15, -0.1) is 0 Å². The number of pyridine rings is 1. The highest BCUT2D eigenvalue weighted by Crippen LogP contribution is 2.21. The number of rotatable bonds is 3. The lowest BCUT2D eigenvalue weighted by atomic mass is 10.2. The van der Waals surface area contributed by atoms with Gasteiger partial charge >= 0.3 is 0 Å². The first kappa shape index (κ1) is 11.7. The first-order chi connectivity index (χ1) is 7.65. The molecule has 1 aromatic heterocycles. The second kappa shape index (κ2) is 5.02. The number of ether oxygens (including phenoxy) is 1. The lowest BCUT2D eigenvalue weighted by Crippen LogP contribution is -2.20. The topological polar surface area (TPSA) is 34.2 Å². The van der Waals surface area contributed by atoms with Crippen LogP contribution in [0.15, 0.2) is 12.1 Å². The molecule has 0 bridgehead atoms. The minimum Gasteiger partial charge on any atom is -0.381 e. The van der Waals surface area contributed by atoms with Crippen LogP contribution in [-0.2, 0) is 4.74 Å². The van der Waals surface area contributed by atoms with Crippen LogP contribution in [0.3, 0.4) is 0 Å². The summed E-state index contributed by atoms with van der Waals surface area (Å²) >= 11 is 5.80. The molecule has 88 valence electrons. The minimum atomic E-state index is 0.324. The standard InChI is InChI=1S/C12H17ClN2O/c1-8-3-4-10(16-8)7-14-11-5-6-12(13)15-9(11)2/h5-6,8,10,14H,3-4,7H2,1-2H3. The molecule has 16 heavy (non-hydrogen) atoms. The Morgan fingerprint density at radius 3 is 2.94 bits per heavy atom. The van der Waals surface area contributed by atoms with Crippen LogP contribution in [-0.4, -0.2) is 23.7 Å². The number of hydrogen-bond acceptors (Lipinski definition) is 3. The van der Waals surface area contributed by atoms with Crippen molar-refractivity contribution >= 4 is 17.3 Å². The van der Waals surface area contributed by atoms with Crippen molar-refractivity contribution in [1.82, 2.24) is 4.98 Å². The molecule has 2 heterocycles. The Morgan fingerprint density at radius 2 is 2.31 bits per heavy atom. The van der Waals surface area contributed by atoms with Gasteiger partial charge in [0.15, 0.2) is 0 Å². The second-order valence-corrected chi connectivity index (χ2v) is 4.68. The number of nitrogens with one attached hydrogen (secondary N) is 1. The van der Waals surface area contributed by atoms with Gasteiger partial charge in [0.05, 0.1) is 23.6 Å². The van der Waals surface area contributed by atoms with E-state index in [1.807, 2.05) is 13.0 Å². The Bertz CT molecular complexity index is 370. The van der Waals surface area contributed by atoms with Crippen LogP contribution >= 0.6 is 11.6 Å². The van der Waals surface area contributed by atoms with Gasteiger partial charge in [-0.1, -0.05) is 11.6 Å². The van der Waals surface area contributed by atoms with Crippen molar-refractivity contribution in [3.8, 4) is 0 Å². The fourth-order valence-electron chi connectivity index (χ4n) is 1.98. The summed E-state index contributed by atoms with van der Waals surface area (Å²) in [7, 11) is 0. The van der Waals surface area contributed by atoms with Gasteiger partial charge < -0.3 is 10.1 Å². The highest BCUT2D eigenvalue weighted by atomic mass is 35.5. The fourth-order valence-corrected chi connectivity index (χ4v) is 2.17. The first-order valence-corrected chi connectivity index (χ1v) is 6.05. The molecule has 1 N–H and O–H groups in total. The van der Waals surface area contributed by atoms with Gasteiger partial charge in [0.1, 0.15) is 5.15 Å². The molecule has 4 heteroatoms. The number of hydrogen-bond donors (Lipinski definition) is 1. The summed E-state index contributed by atoms with van der Waals surface area (Å²) in [5.74, 6) is 0. The summed E-state index contributed by atoms with van der Waals surface area (Å²) in [4.78, 5) is 4.20. The zero-order chi connectivity index (χ0) is 11.5. The summed E-state index contributed by atoms with van der Waals surface area (Å²) < 4.78 is 5.74. The van der Waals surface area contributed by atoms with E-state index in [9.17, 15) is 0 Å². The van der Waals surface area contributed by atoms with E-state index in [0.29, 0.717) is 17.4 Å². The monoisotopic (exact) mass is 240 g/mol. The first-order valence-electron chi connectivity index (χ1n) is 5.67. The SMILES string of the molecule is Cc1nc(Cl)ccc1NCC1CCC(C)O1. The molecular weight excluding hydrogens is 224 g/mol. The van der Waals surface area contributed by atoms with Crippen molar-refractivity contribution in [1.29, 1.82) is 0 Å². The second-order valence-electron chi connectivity index (χ2n) is 4.29.